The smallest absolute Gasteiger partial charge is 0.165 e. The topological polar surface area (TPSA) is 40.7 Å². The Bertz CT molecular complexity index is 259. The lowest BCUT2D eigenvalue weighted by molar-refractivity contribution is 0.460. The molecule has 0 aliphatic heterocycles. The third kappa shape index (κ3) is 6.18. The van der Waals surface area contributed by atoms with Gasteiger partial charge in [-0.2, -0.15) is 0 Å². The van der Waals surface area contributed by atoms with Crippen LogP contribution < -0.4 is 5.32 Å². The second kappa shape index (κ2) is 7.74. The summed E-state index contributed by atoms with van der Waals surface area (Å²) in [5.74, 6) is 1.88. The predicted molar refractivity (Wildman–Crippen MR) is 70.8 cm³/mol. The summed E-state index contributed by atoms with van der Waals surface area (Å²) in [6, 6.07) is 0.625. The molecule has 1 rings (SSSR count). The second-order valence-electron chi connectivity index (χ2n) is 4.57. The molecule has 2 N–H and O–H groups in total. The van der Waals surface area contributed by atoms with Crippen LogP contribution in [0.15, 0.2) is 17.6 Å². The molecule has 1 atom stereocenters. The number of aromatic nitrogens is 2. The molecule has 16 heavy (non-hydrogen) atoms. The molecule has 0 radical (unpaired) electrons. The minimum atomic E-state index is 0.625. The summed E-state index contributed by atoms with van der Waals surface area (Å²) in [7, 11) is 0. The normalized spacial score (nSPS) is 13.2. The number of imidazole rings is 1. The van der Waals surface area contributed by atoms with E-state index in [0.29, 0.717) is 6.04 Å². The fourth-order valence-corrected chi connectivity index (χ4v) is 2.17. The summed E-state index contributed by atoms with van der Waals surface area (Å²) in [5, 5.41) is 4.55. The van der Waals surface area contributed by atoms with Crippen molar-refractivity contribution in [3.8, 4) is 0 Å². The van der Waals surface area contributed by atoms with Gasteiger partial charge >= 0.3 is 0 Å². The zero-order chi connectivity index (χ0) is 11.8. The van der Waals surface area contributed by atoms with Gasteiger partial charge in [-0.1, -0.05) is 25.6 Å². The van der Waals surface area contributed by atoms with Gasteiger partial charge < -0.3 is 10.3 Å². The van der Waals surface area contributed by atoms with Crippen LogP contribution in [0.25, 0.3) is 0 Å². The average Bonchev–Trinajstić information content (AvgIpc) is 2.74. The molecule has 0 fully saturated rings. The van der Waals surface area contributed by atoms with Crippen molar-refractivity contribution in [2.75, 3.05) is 12.3 Å². The Morgan fingerprint density at radius 2 is 2.19 bits per heavy atom. The van der Waals surface area contributed by atoms with Crippen LogP contribution in [0, 0.1) is 5.92 Å². The predicted octanol–water partition coefficient (Wildman–Crippen LogP) is 2.92. The third-order valence-electron chi connectivity index (χ3n) is 2.48. The number of hydrogen-bond acceptors (Lipinski definition) is 3. The highest BCUT2D eigenvalue weighted by molar-refractivity contribution is 7.99. The number of aromatic amines is 1. The maximum atomic E-state index is 4.17. The summed E-state index contributed by atoms with van der Waals surface area (Å²) >= 11 is 1.76. The van der Waals surface area contributed by atoms with Crippen molar-refractivity contribution in [1.29, 1.82) is 0 Å². The summed E-state index contributed by atoms with van der Waals surface area (Å²) in [5.41, 5.74) is 0. The highest BCUT2D eigenvalue weighted by Gasteiger charge is 2.03. The van der Waals surface area contributed by atoms with E-state index in [0.717, 1.165) is 23.4 Å². The molecule has 0 saturated carbocycles. The molecular formula is C12H23N3S. The first kappa shape index (κ1) is 13.6. The van der Waals surface area contributed by atoms with Gasteiger partial charge in [-0.25, -0.2) is 4.98 Å². The SMILES string of the molecule is CC(C)CCC(C)NCCSc1ncc[nH]1. The highest BCUT2D eigenvalue weighted by atomic mass is 32.2. The fraction of sp³-hybridized carbons (Fsp3) is 0.750. The van der Waals surface area contributed by atoms with E-state index in [1.807, 2.05) is 6.20 Å². The average molecular weight is 241 g/mol. The molecule has 3 nitrogen and oxygen atoms in total. The Balaban J connectivity index is 1.98. The minimum absolute atomic E-state index is 0.625. The molecule has 0 saturated heterocycles. The summed E-state index contributed by atoms with van der Waals surface area (Å²) < 4.78 is 0. The first-order chi connectivity index (χ1) is 7.68. The fourth-order valence-electron chi connectivity index (χ4n) is 1.47. The molecule has 4 heteroatoms. The Morgan fingerprint density at radius 3 is 2.81 bits per heavy atom. The molecule has 1 aromatic heterocycles. The van der Waals surface area contributed by atoms with Gasteiger partial charge in [0.15, 0.2) is 5.16 Å². The van der Waals surface area contributed by atoms with Crippen LogP contribution in [-0.4, -0.2) is 28.3 Å². The van der Waals surface area contributed by atoms with Crippen molar-refractivity contribution >= 4 is 11.8 Å². The number of nitrogens with zero attached hydrogens (tertiary/aromatic N) is 1. The summed E-state index contributed by atoms with van der Waals surface area (Å²) in [6.07, 6.45) is 6.23. The highest BCUT2D eigenvalue weighted by Crippen LogP contribution is 2.10. The van der Waals surface area contributed by atoms with Crippen molar-refractivity contribution in [3.05, 3.63) is 12.4 Å². The monoisotopic (exact) mass is 241 g/mol. The van der Waals surface area contributed by atoms with E-state index in [1.54, 1.807) is 18.0 Å². The summed E-state index contributed by atoms with van der Waals surface area (Å²) in [4.78, 5) is 7.26. The van der Waals surface area contributed by atoms with Crippen LogP contribution in [0.4, 0.5) is 0 Å². The molecule has 0 amide bonds. The van der Waals surface area contributed by atoms with Crippen molar-refractivity contribution < 1.29 is 0 Å². The lowest BCUT2D eigenvalue weighted by atomic mass is 10.0. The maximum absolute atomic E-state index is 4.17. The number of H-pyrrole nitrogens is 1. The number of hydrogen-bond donors (Lipinski definition) is 2. The molecule has 0 aromatic carbocycles. The van der Waals surface area contributed by atoms with Gasteiger partial charge in [0.05, 0.1) is 0 Å². The van der Waals surface area contributed by atoms with Gasteiger partial charge in [0.25, 0.3) is 0 Å². The zero-order valence-corrected chi connectivity index (χ0v) is 11.3. The van der Waals surface area contributed by atoms with E-state index < -0.39 is 0 Å². The number of thioether (sulfide) groups is 1. The van der Waals surface area contributed by atoms with E-state index >= 15 is 0 Å². The minimum Gasteiger partial charge on any atom is -0.340 e. The Morgan fingerprint density at radius 1 is 1.38 bits per heavy atom. The molecule has 1 aromatic rings. The van der Waals surface area contributed by atoms with Gasteiger partial charge in [-0.3, -0.25) is 0 Å². The van der Waals surface area contributed by atoms with Gasteiger partial charge in [-0.15, -0.1) is 0 Å². The lowest BCUT2D eigenvalue weighted by Crippen LogP contribution is -2.28. The van der Waals surface area contributed by atoms with Crippen molar-refractivity contribution in [2.45, 2.75) is 44.8 Å². The third-order valence-corrected chi connectivity index (χ3v) is 3.39. The molecule has 0 bridgehead atoms. The standard InChI is InChI=1S/C12H23N3S/c1-10(2)4-5-11(3)13-8-9-16-12-14-6-7-15-12/h6-7,10-11,13H,4-5,8-9H2,1-3H3,(H,14,15). The van der Waals surface area contributed by atoms with Crippen LogP contribution >= 0.6 is 11.8 Å². The first-order valence-electron chi connectivity index (χ1n) is 6.04. The lowest BCUT2D eigenvalue weighted by Gasteiger charge is -2.14. The quantitative estimate of drug-likeness (QED) is 0.543. The van der Waals surface area contributed by atoms with E-state index in [-0.39, 0.29) is 0 Å². The summed E-state index contributed by atoms with van der Waals surface area (Å²) in [6.45, 7) is 7.86. The zero-order valence-electron chi connectivity index (χ0n) is 10.5. The molecule has 92 valence electrons. The molecule has 0 aliphatic rings. The Kier molecular flexibility index (Phi) is 6.57. The van der Waals surface area contributed by atoms with E-state index in [2.05, 4.69) is 36.1 Å². The molecule has 1 heterocycles. The second-order valence-corrected chi connectivity index (χ2v) is 5.65. The van der Waals surface area contributed by atoms with E-state index in [4.69, 9.17) is 0 Å². The molecular weight excluding hydrogens is 218 g/mol. The van der Waals surface area contributed by atoms with Gasteiger partial charge in [0.1, 0.15) is 0 Å². The van der Waals surface area contributed by atoms with Gasteiger partial charge in [-0.05, 0) is 25.7 Å². The van der Waals surface area contributed by atoms with Crippen LogP contribution in [0.5, 0.6) is 0 Å². The Hall–Kier alpha value is -0.480. The van der Waals surface area contributed by atoms with Crippen LogP contribution in [0.2, 0.25) is 0 Å². The van der Waals surface area contributed by atoms with Gasteiger partial charge in [0.2, 0.25) is 0 Å². The molecule has 1 unspecified atom stereocenters. The van der Waals surface area contributed by atoms with Crippen molar-refractivity contribution in [2.24, 2.45) is 5.92 Å². The molecule has 0 spiro atoms. The first-order valence-corrected chi connectivity index (χ1v) is 7.02. The van der Waals surface area contributed by atoms with Crippen molar-refractivity contribution in [3.63, 3.8) is 0 Å². The maximum Gasteiger partial charge on any atom is 0.165 e. The number of rotatable bonds is 8. The van der Waals surface area contributed by atoms with Crippen molar-refractivity contribution in [1.82, 2.24) is 15.3 Å². The largest absolute Gasteiger partial charge is 0.340 e. The van der Waals surface area contributed by atoms with Gasteiger partial charge in [0, 0.05) is 30.7 Å². The van der Waals surface area contributed by atoms with Crippen LogP contribution in [0.1, 0.15) is 33.6 Å². The molecule has 0 aliphatic carbocycles. The van der Waals surface area contributed by atoms with E-state index in [9.17, 15) is 0 Å². The van der Waals surface area contributed by atoms with Crippen LogP contribution in [0.3, 0.4) is 0 Å². The van der Waals surface area contributed by atoms with E-state index in [1.165, 1.54) is 12.8 Å². The number of nitrogens with one attached hydrogen (secondary N) is 2. The van der Waals surface area contributed by atoms with Crippen LogP contribution in [-0.2, 0) is 0 Å². The Labute approximate surface area is 103 Å².